The minimum atomic E-state index is -0.807. The second kappa shape index (κ2) is 7.09. The van der Waals surface area contributed by atoms with Gasteiger partial charge in [0.1, 0.15) is 0 Å². The highest BCUT2D eigenvalue weighted by Gasteiger charge is 2.63. The van der Waals surface area contributed by atoms with Gasteiger partial charge in [0.2, 0.25) is 12.3 Å². The van der Waals surface area contributed by atoms with Crippen molar-refractivity contribution in [2.45, 2.75) is 40.0 Å². The van der Waals surface area contributed by atoms with Gasteiger partial charge >= 0.3 is 12.1 Å². The molecule has 2 saturated heterocycles. The summed E-state index contributed by atoms with van der Waals surface area (Å²) in [4.78, 5) is 46.3. The van der Waals surface area contributed by atoms with E-state index in [4.69, 9.17) is 19.4 Å². The summed E-state index contributed by atoms with van der Waals surface area (Å²) in [5.41, 5.74) is 0. The van der Waals surface area contributed by atoms with Crippen LogP contribution in [0.25, 0.3) is 0 Å². The van der Waals surface area contributed by atoms with Crippen LogP contribution in [0.4, 0.5) is 9.59 Å². The number of hydrogen-bond donors (Lipinski definition) is 0. The van der Waals surface area contributed by atoms with E-state index in [1.807, 2.05) is 0 Å². The summed E-state index contributed by atoms with van der Waals surface area (Å²) in [5.74, 6) is 0. The van der Waals surface area contributed by atoms with Crippen LogP contribution in [0, 0.1) is 0 Å². The Morgan fingerprint density at radius 1 is 0.636 bits per heavy atom. The van der Waals surface area contributed by atoms with Crippen molar-refractivity contribution in [1.82, 2.24) is 20.3 Å². The largest absolute Gasteiger partial charge is 0.372 e. The highest BCUT2D eigenvalue weighted by atomic mass is 16.8. The maximum absolute atomic E-state index is 12.4. The van der Waals surface area contributed by atoms with Crippen LogP contribution >= 0.6 is 0 Å². The quantitative estimate of drug-likeness (QED) is 0.662. The summed E-state index contributed by atoms with van der Waals surface area (Å²) in [7, 11) is 0. The highest BCUT2D eigenvalue weighted by Crippen LogP contribution is 2.35. The van der Waals surface area contributed by atoms with E-state index in [0.717, 1.165) is 20.3 Å². The SMILES string of the molecule is CCON1C(=O)N(OCC)C2C1N(OCC)C(=O)N2OCC. The minimum absolute atomic E-state index is 0.262. The number of nitrogens with zero attached hydrogens (tertiary/aromatic N) is 4. The lowest BCUT2D eigenvalue weighted by atomic mass is 10.4. The zero-order valence-corrected chi connectivity index (χ0v) is 13.2. The Bertz CT molecular complexity index is 352. The molecule has 0 bridgehead atoms. The number of rotatable bonds is 8. The van der Waals surface area contributed by atoms with Crippen molar-refractivity contribution in [3.8, 4) is 0 Å². The number of urea groups is 2. The van der Waals surface area contributed by atoms with Crippen molar-refractivity contribution in [3.63, 3.8) is 0 Å². The molecule has 0 aromatic carbocycles. The lowest BCUT2D eigenvalue weighted by Gasteiger charge is -2.26. The minimum Gasteiger partial charge on any atom is -0.267 e. The van der Waals surface area contributed by atoms with E-state index in [1.54, 1.807) is 27.7 Å². The van der Waals surface area contributed by atoms with Gasteiger partial charge in [0, 0.05) is 0 Å². The smallest absolute Gasteiger partial charge is 0.267 e. The molecule has 2 aliphatic heterocycles. The van der Waals surface area contributed by atoms with Crippen molar-refractivity contribution in [2.24, 2.45) is 0 Å². The monoisotopic (exact) mass is 318 g/mol. The zero-order chi connectivity index (χ0) is 16.3. The van der Waals surface area contributed by atoms with Gasteiger partial charge in [-0.15, -0.1) is 0 Å². The molecule has 126 valence electrons. The summed E-state index contributed by atoms with van der Waals surface area (Å²) in [6, 6.07) is -1.03. The number of carbonyl (C=O) groups excluding carboxylic acids is 2. The fourth-order valence-electron chi connectivity index (χ4n) is 2.40. The van der Waals surface area contributed by atoms with Gasteiger partial charge in [0.25, 0.3) is 0 Å². The highest BCUT2D eigenvalue weighted by molar-refractivity contribution is 5.82. The molecule has 10 nitrogen and oxygen atoms in total. The molecule has 0 aliphatic carbocycles. The summed E-state index contributed by atoms with van der Waals surface area (Å²) in [6.45, 7) is 8.02. The molecule has 0 atom stereocenters. The van der Waals surface area contributed by atoms with Gasteiger partial charge in [-0.3, -0.25) is 19.4 Å². The van der Waals surface area contributed by atoms with Gasteiger partial charge in [0.05, 0.1) is 26.4 Å². The Labute approximate surface area is 128 Å². The molecular formula is C12H22N4O6. The third kappa shape index (κ3) is 2.58. The number of fused-ring (bicyclic) bond motifs is 1. The first-order valence-corrected chi connectivity index (χ1v) is 7.38. The van der Waals surface area contributed by atoms with E-state index in [1.165, 1.54) is 0 Å². The molecule has 2 aliphatic rings. The number of amides is 4. The molecule has 0 aromatic heterocycles. The van der Waals surface area contributed by atoms with E-state index in [9.17, 15) is 9.59 Å². The lowest BCUT2D eigenvalue weighted by Crippen LogP contribution is -2.46. The maximum atomic E-state index is 12.4. The average molecular weight is 318 g/mol. The third-order valence-corrected chi connectivity index (χ3v) is 3.05. The van der Waals surface area contributed by atoms with E-state index in [0.29, 0.717) is 0 Å². The summed E-state index contributed by atoms with van der Waals surface area (Å²) >= 11 is 0. The first-order chi connectivity index (χ1) is 10.6. The molecule has 0 radical (unpaired) electrons. The van der Waals surface area contributed by atoms with E-state index in [-0.39, 0.29) is 26.4 Å². The standard InChI is InChI=1S/C12H22N4O6/c1-5-19-13-9-10(15(11(13)17)21-7-3)16(22-8-4)12(18)14(9)20-6-2/h9-10H,5-8H2,1-4H3. The summed E-state index contributed by atoms with van der Waals surface area (Å²) < 4.78 is 0. The Hall–Kier alpha value is -1.62. The Balaban J connectivity index is 2.36. The molecule has 2 rings (SSSR count). The Morgan fingerprint density at radius 3 is 1.05 bits per heavy atom. The molecule has 2 heterocycles. The molecule has 0 N–H and O–H groups in total. The molecule has 10 heteroatoms. The van der Waals surface area contributed by atoms with Crippen LogP contribution in [-0.2, 0) is 19.4 Å². The maximum Gasteiger partial charge on any atom is 0.372 e. The van der Waals surface area contributed by atoms with Gasteiger partial charge in [0.15, 0.2) is 0 Å². The first-order valence-electron chi connectivity index (χ1n) is 7.38. The van der Waals surface area contributed by atoms with Gasteiger partial charge in [-0.2, -0.15) is 20.3 Å². The van der Waals surface area contributed by atoms with Crippen molar-refractivity contribution in [2.75, 3.05) is 26.4 Å². The second-order valence-electron chi connectivity index (χ2n) is 4.37. The Kier molecular flexibility index (Phi) is 5.40. The molecule has 22 heavy (non-hydrogen) atoms. The van der Waals surface area contributed by atoms with Crippen LogP contribution in [0.15, 0.2) is 0 Å². The fraction of sp³-hybridized carbons (Fsp3) is 0.833. The average Bonchev–Trinajstić information content (AvgIpc) is 2.90. The number of hydrogen-bond acceptors (Lipinski definition) is 6. The van der Waals surface area contributed by atoms with Crippen LogP contribution < -0.4 is 0 Å². The molecule has 4 amide bonds. The van der Waals surface area contributed by atoms with Crippen LogP contribution in [0.5, 0.6) is 0 Å². The normalized spacial score (nSPS) is 24.7. The van der Waals surface area contributed by atoms with Crippen molar-refractivity contribution >= 4 is 12.1 Å². The first kappa shape index (κ1) is 16.7. The number of carbonyl (C=O) groups is 2. The van der Waals surface area contributed by atoms with E-state index in [2.05, 4.69) is 0 Å². The van der Waals surface area contributed by atoms with Crippen molar-refractivity contribution < 1.29 is 28.9 Å². The lowest BCUT2D eigenvalue weighted by molar-refractivity contribution is -0.237. The van der Waals surface area contributed by atoms with Crippen LogP contribution in [0.1, 0.15) is 27.7 Å². The van der Waals surface area contributed by atoms with Gasteiger partial charge in [-0.05, 0) is 27.7 Å². The van der Waals surface area contributed by atoms with E-state index >= 15 is 0 Å². The summed E-state index contributed by atoms with van der Waals surface area (Å²) in [5, 5.41) is 4.31. The molecule has 0 aromatic rings. The third-order valence-electron chi connectivity index (χ3n) is 3.05. The van der Waals surface area contributed by atoms with Crippen molar-refractivity contribution in [3.05, 3.63) is 0 Å². The van der Waals surface area contributed by atoms with Gasteiger partial charge in [-0.25, -0.2) is 9.59 Å². The van der Waals surface area contributed by atoms with Crippen LogP contribution in [0.2, 0.25) is 0 Å². The molecule has 0 spiro atoms. The predicted octanol–water partition coefficient (Wildman–Crippen LogP) is 0.920. The predicted molar refractivity (Wildman–Crippen MR) is 72.2 cm³/mol. The van der Waals surface area contributed by atoms with Crippen molar-refractivity contribution in [1.29, 1.82) is 0 Å². The Morgan fingerprint density at radius 2 is 0.864 bits per heavy atom. The van der Waals surface area contributed by atoms with Gasteiger partial charge < -0.3 is 0 Å². The summed E-state index contributed by atoms with van der Waals surface area (Å²) in [6.07, 6.45) is -1.61. The van der Waals surface area contributed by atoms with E-state index < -0.39 is 24.4 Å². The van der Waals surface area contributed by atoms with Crippen LogP contribution in [-0.4, -0.2) is 71.1 Å². The second-order valence-corrected chi connectivity index (χ2v) is 4.37. The molecule has 2 fully saturated rings. The van der Waals surface area contributed by atoms with Crippen LogP contribution in [0.3, 0.4) is 0 Å². The zero-order valence-electron chi connectivity index (χ0n) is 13.2. The molecule has 0 unspecified atom stereocenters. The number of hydroxylamine groups is 8. The molecule has 0 saturated carbocycles. The van der Waals surface area contributed by atoms with Gasteiger partial charge in [-0.1, -0.05) is 0 Å². The molecular weight excluding hydrogens is 296 g/mol. The fourth-order valence-corrected chi connectivity index (χ4v) is 2.40. The topological polar surface area (TPSA) is 84.0 Å².